The summed E-state index contributed by atoms with van der Waals surface area (Å²) in [6.07, 6.45) is 1.63. The average molecular weight is 170 g/mol. The minimum Gasteiger partial charge on any atom is -0.381 e. The number of rotatable bonds is 1. The van der Waals surface area contributed by atoms with E-state index in [4.69, 9.17) is 9.47 Å². The van der Waals surface area contributed by atoms with Gasteiger partial charge in [0.1, 0.15) is 5.78 Å². The molecule has 2 saturated heterocycles. The van der Waals surface area contributed by atoms with E-state index >= 15 is 0 Å². The average Bonchev–Trinajstić information content (AvgIpc) is 2.57. The van der Waals surface area contributed by atoms with Gasteiger partial charge < -0.3 is 9.47 Å². The van der Waals surface area contributed by atoms with Crippen molar-refractivity contribution in [2.24, 2.45) is 11.8 Å². The van der Waals surface area contributed by atoms with Crippen LogP contribution < -0.4 is 0 Å². The minimum atomic E-state index is 0.126. The Kier molecular flexibility index (Phi) is 2.42. The molecule has 2 rings (SSSR count). The number of ketones is 1. The highest BCUT2D eigenvalue weighted by Gasteiger charge is 2.32. The summed E-state index contributed by atoms with van der Waals surface area (Å²) >= 11 is 0. The lowest BCUT2D eigenvalue weighted by molar-refractivity contribution is -0.133. The minimum absolute atomic E-state index is 0.126. The molecule has 0 saturated carbocycles. The van der Waals surface area contributed by atoms with Gasteiger partial charge in [-0.3, -0.25) is 4.79 Å². The summed E-state index contributed by atoms with van der Waals surface area (Å²) in [4.78, 5) is 11.4. The molecule has 2 aliphatic heterocycles. The summed E-state index contributed by atoms with van der Waals surface area (Å²) in [7, 11) is 0. The first-order valence-electron chi connectivity index (χ1n) is 4.56. The fourth-order valence-electron chi connectivity index (χ4n) is 1.93. The second-order valence-electron chi connectivity index (χ2n) is 3.52. The van der Waals surface area contributed by atoms with Crippen LogP contribution >= 0.6 is 0 Å². The Balaban J connectivity index is 1.95. The van der Waals surface area contributed by atoms with Crippen LogP contribution in [0.4, 0.5) is 0 Å². The van der Waals surface area contributed by atoms with Gasteiger partial charge in [-0.1, -0.05) is 0 Å². The van der Waals surface area contributed by atoms with E-state index in [1.165, 1.54) is 0 Å². The fraction of sp³-hybridized carbons (Fsp3) is 0.889. The van der Waals surface area contributed by atoms with Gasteiger partial charge in [0.05, 0.1) is 19.8 Å². The predicted octanol–water partition coefficient (Wildman–Crippen LogP) is 0.629. The van der Waals surface area contributed by atoms with Crippen molar-refractivity contribution < 1.29 is 14.3 Å². The van der Waals surface area contributed by atoms with E-state index < -0.39 is 0 Å². The topological polar surface area (TPSA) is 35.5 Å². The number of ether oxygens (including phenoxy) is 2. The monoisotopic (exact) mass is 170 g/mol. The Morgan fingerprint density at radius 2 is 2.00 bits per heavy atom. The zero-order valence-corrected chi connectivity index (χ0v) is 7.12. The van der Waals surface area contributed by atoms with Gasteiger partial charge >= 0.3 is 0 Å². The third-order valence-electron chi connectivity index (χ3n) is 2.74. The van der Waals surface area contributed by atoms with E-state index in [-0.39, 0.29) is 5.92 Å². The summed E-state index contributed by atoms with van der Waals surface area (Å²) in [6, 6.07) is 0. The van der Waals surface area contributed by atoms with Crippen molar-refractivity contribution in [2.45, 2.75) is 12.8 Å². The summed E-state index contributed by atoms with van der Waals surface area (Å²) in [5, 5.41) is 0. The predicted molar refractivity (Wildman–Crippen MR) is 42.9 cm³/mol. The third-order valence-corrected chi connectivity index (χ3v) is 2.74. The molecule has 0 aromatic heterocycles. The van der Waals surface area contributed by atoms with Crippen molar-refractivity contribution in [2.75, 3.05) is 26.4 Å². The highest BCUT2D eigenvalue weighted by molar-refractivity contribution is 5.82. The first-order chi connectivity index (χ1) is 5.88. The maximum atomic E-state index is 11.4. The number of Topliss-reactive ketones (excluding diaryl/α,β-unsaturated/α-hetero) is 1. The summed E-state index contributed by atoms with van der Waals surface area (Å²) < 4.78 is 10.5. The van der Waals surface area contributed by atoms with Gasteiger partial charge in [-0.25, -0.2) is 0 Å². The molecule has 2 unspecified atom stereocenters. The highest BCUT2D eigenvalue weighted by Crippen LogP contribution is 2.26. The van der Waals surface area contributed by atoms with Crippen molar-refractivity contribution in [3.63, 3.8) is 0 Å². The largest absolute Gasteiger partial charge is 0.381 e. The summed E-state index contributed by atoms with van der Waals surface area (Å²) in [5.74, 6) is 0.927. The standard InChI is InChI=1S/C9H14O3/c10-9-2-4-12-6-8(9)7-1-3-11-5-7/h7-8H,1-6H2. The lowest BCUT2D eigenvalue weighted by Crippen LogP contribution is -2.33. The zero-order chi connectivity index (χ0) is 8.39. The first kappa shape index (κ1) is 8.20. The Bertz CT molecular complexity index is 173. The normalized spacial score (nSPS) is 37.2. The lowest BCUT2D eigenvalue weighted by Gasteiger charge is -2.24. The van der Waals surface area contributed by atoms with Crippen molar-refractivity contribution in [1.82, 2.24) is 0 Å². The molecule has 2 atom stereocenters. The van der Waals surface area contributed by atoms with Crippen LogP contribution in [0.15, 0.2) is 0 Å². The Hall–Kier alpha value is -0.410. The molecule has 0 N–H and O–H groups in total. The van der Waals surface area contributed by atoms with Gasteiger partial charge in [-0.05, 0) is 12.3 Å². The highest BCUT2D eigenvalue weighted by atomic mass is 16.5. The molecule has 3 nitrogen and oxygen atoms in total. The molecule has 0 amide bonds. The maximum absolute atomic E-state index is 11.4. The molecule has 0 bridgehead atoms. The van der Waals surface area contributed by atoms with Crippen LogP contribution in [-0.4, -0.2) is 32.2 Å². The van der Waals surface area contributed by atoms with Crippen LogP contribution in [0.25, 0.3) is 0 Å². The first-order valence-corrected chi connectivity index (χ1v) is 4.56. The molecule has 68 valence electrons. The second kappa shape index (κ2) is 3.54. The van der Waals surface area contributed by atoms with Crippen LogP contribution in [0.5, 0.6) is 0 Å². The molecule has 3 heteroatoms. The Morgan fingerprint density at radius 3 is 2.67 bits per heavy atom. The van der Waals surface area contributed by atoms with Gasteiger partial charge in [0.25, 0.3) is 0 Å². The van der Waals surface area contributed by atoms with Gasteiger partial charge in [-0.15, -0.1) is 0 Å². The van der Waals surface area contributed by atoms with E-state index in [0.29, 0.717) is 31.3 Å². The van der Waals surface area contributed by atoms with Crippen LogP contribution in [0, 0.1) is 11.8 Å². The Labute approximate surface area is 72.0 Å². The van der Waals surface area contributed by atoms with Crippen LogP contribution in [-0.2, 0) is 14.3 Å². The third kappa shape index (κ3) is 1.52. The molecule has 12 heavy (non-hydrogen) atoms. The van der Waals surface area contributed by atoms with Gasteiger partial charge in [0.15, 0.2) is 0 Å². The van der Waals surface area contributed by atoms with Crippen molar-refractivity contribution >= 4 is 5.78 Å². The number of carbonyl (C=O) groups excluding carboxylic acids is 1. The smallest absolute Gasteiger partial charge is 0.140 e. The van der Waals surface area contributed by atoms with E-state index in [1.54, 1.807) is 0 Å². The molecular weight excluding hydrogens is 156 g/mol. The van der Waals surface area contributed by atoms with E-state index in [1.807, 2.05) is 0 Å². The second-order valence-corrected chi connectivity index (χ2v) is 3.52. The van der Waals surface area contributed by atoms with Gasteiger partial charge in [0.2, 0.25) is 0 Å². The van der Waals surface area contributed by atoms with Crippen molar-refractivity contribution in [3.8, 4) is 0 Å². The molecule has 2 fully saturated rings. The molecule has 2 aliphatic rings. The molecule has 2 heterocycles. The van der Waals surface area contributed by atoms with E-state index in [2.05, 4.69) is 0 Å². The summed E-state index contributed by atoms with van der Waals surface area (Å²) in [6.45, 7) is 2.80. The van der Waals surface area contributed by atoms with Crippen LogP contribution in [0.3, 0.4) is 0 Å². The van der Waals surface area contributed by atoms with Crippen molar-refractivity contribution in [1.29, 1.82) is 0 Å². The number of carbonyl (C=O) groups is 1. The van der Waals surface area contributed by atoms with Crippen molar-refractivity contribution in [3.05, 3.63) is 0 Å². The number of hydrogen-bond donors (Lipinski definition) is 0. The van der Waals surface area contributed by atoms with Gasteiger partial charge in [0, 0.05) is 18.9 Å². The molecule has 0 radical (unpaired) electrons. The SMILES string of the molecule is O=C1CCOCC1C1CCOC1. The molecule has 0 aromatic carbocycles. The fourth-order valence-corrected chi connectivity index (χ4v) is 1.93. The van der Waals surface area contributed by atoms with Crippen LogP contribution in [0.1, 0.15) is 12.8 Å². The van der Waals surface area contributed by atoms with Gasteiger partial charge in [-0.2, -0.15) is 0 Å². The Morgan fingerprint density at radius 1 is 1.17 bits per heavy atom. The quantitative estimate of drug-likeness (QED) is 0.579. The zero-order valence-electron chi connectivity index (χ0n) is 7.12. The van der Waals surface area contributed by atoms with Crippen LogP contribution in [0.2, 0.25) is 0 Å². The molecular formula is C9H14O3. The molecule has 0 spiro atoms. The molecule has 0 aliphatic carbocycles. The number of hydrogen-bond acceptors (Lipinski definition) is 3. The lowest BCUT2D eigenvalue weighted by atomic mass is 9.86. The summed E-state index contributed by atoms with van der Waals surface area (Å²) in [5.41, 5.74) is 0. The van der Waals surface area contributed by atoms with E-state index in [0.717, 1.165) is 19.6 Å². The maximum Gasteiger partial charge on any atom is 0.140 e. The van der Waals surface area contributed by atoms with E-state index in [9.17, 15) is 4.79 Å². The molecule has 0 aromatic rings.